The summed E-state index contributed by atoms with van der Waals surface area (Å²) in [6.07, 6.45) is 4.26. The molecule has 4 nitrogen and oxygen atoms in total. The zero-order valence-electron chi connectivity index (χ0n) is 10.9. The third kappa shape index (κ3) is 3.83. The summed E-state index contributed by atoms with van der Waals surface area (Å²) in [5, 5.41) is 0.546. The Morgan fingerprint density at radius 1 is 1.26 bits per heavy atom. The summed E-state index contributed by atoms with van der Waals surface area (Å²) < 4.78 is 0. The Labute approximate surface area is 118 Å². The molecule has 0 aliphatic heterocycles. The molecule has 0 saturated heterocycles. The largest absolute Gasteiger partial charge is 0.399 e. The number of hydrogen-bond donors (Lipinski definition) is 1. The Hall–Kier alpha value is -1.81. The van der Waals surface area contributed by atoms with Crippen LogP contribution in [0.5, 0.6) is 0 Å². The molecule has 0 bridgehead atoms. The van der Waals surface area contributed by atoms with Crippen molar-refractivity contribution in [2.75, 3.05) is 17.2 Å². The van der Waals surface area contributed by atoms with Crippen molar-refractivity contribution in [2.24, 2.45) is 0 Å². The highest BCUT2D eigenvalue weighted by Crippen LogP contribution is 2.15. The van der Waals surface area contributed by atoms with Crippen LogP contribution in [-0.4, -0.2) is 16.5 Å². The minimum Gasteiger partial charge on any atom is -0.399 e. The smallest absolute Gasteiger partial charge is 0.225 e. The molecule has 0 atom stereocenters. The van der Waals surface area contributed by atoms with Gasteiger partial charge in [-0.15, -0.1) is 0 Å². The lowest BCUT2D eigenvalue weighted by atomic mass is 10.2. The molecule has 0 amide bonds. The maximum absolute atomic E-state index is 5.81. The van der Waals surface area contributed by atoms with Crippen molar-refractivity contribution in [3.8, 4) is 0 Å². The summed E-state index contributed by atoms with van der Waals surface area (Å²) in [5.41, 5.74) is 7.71. The number of benzene rings is 1. The maximum Gasteiger partial charge on any atom is 0.225 e. The number of nitrogen functional groups attached to an aromatic ring is 1. The molecule has 0 unspecified atom stereocenters. The molecule has 19 heavy (non-hydrogen) atoms. The van der Waals surface area contributed by atoms with E-state index in [1.54, 1.807) is 12.4 Å². The predicted molar refractivity (Wildman–Crippen MR) is 79.2 cm³/mol. The number of nitrogens with zero attached hydrogens (tertiary/aromatic N) is 3. The molecule has 1 aromatic heterocycles. The molecule has 0 radical (unpaired) electrons. The molecule has 1 aromatic carbocycles. The molecule has 1 heterocycles. The lowest BCUT2D eigenvalue weighted by molar-refractivity contribution is 0.739. The number of halogens is 1. The Bertz CT molecular complexity index is 527. The fourth-order valence-electron chi connectivity index (χ4n) is 1.90. The van der Waals surface area contributed by atoms with Crippen molar-refractivity contribution in [2.45, 2.75) is 19.9 Å². The highest BCUT2D eigenvalue weighted by molar-refractivity contribution is 6.30. The van der Waals surface area contributed by atoms with Crippen LogP contribution < -0.4 is 10.6 Å². The minimum absolute atomic E-state index is 0.546. The summed E-state index contributed by atoms with van der Waals surface area (Å²) >= 11 is 5.81. The van der Waals surface area contributed by atoms with E-state index in [2.05, 4.69) is 27.9 Å². The monoisotopic (exact) mass is 276 g/mol. The van der Waals surface area contributed by atoms with Crippen molar-refractivity contribution < 1.29 is 0 Å². The first-order valence-electron chi connectivity index (χ1n) is 6.26. The first-order valence-corrected chi connectivity index (χ1v) is 6.63. The van der Waals surface area contributed by atoms with Crippen LogP contribution >= 0.6 is 11.6 Å². The second kappa shape index (κ2) is 6.38. The lowest BCUT2D eigenvalue weighted by Gasteiger charge is -2.22. The Morgan fingerprint density at radius 3 is 2.63 bits per heavy atom. The molecule has 0 aliphatic rings. The normalized spacial score (nSPS) is 10.4. The van der Waals surface area contributed by atoms with Crippen molar-refractivity contribution in [1.82, 2.24) is 9.97 Å². The first kappa shape index (κ1) is 13.6. The average molecular weight is 277 g/mol. The van der Waals surface area contributed by atoms with E-state index >= 15 is 0 Å². The second-order valence-electron chi connectivity index (χ2n) is 4.37. The average Bonchev–Trinajstić information content (AvgIpc) is 2.39. The zero-order valence-corrected chi connectivity index (χ0v) is 11.6. The standard InChI is InChI=1S/C14H17ClN4/c1-2-6-19(14-17-8-12(15)9-18-14)10-11-4-3-5-13(16)7-11/h3-5,7-9H,2,6,10,16H2,1H3. The predicted octanol–water partition coefficient (Wildman–Crippen LogP) is 3.13. The van der Waals surface area contributed by atoms with Gasteiger partial charge in [-0.25, -0.2) is 9.97 Å². The Kier molecular flexibility index (Phi) is 4.58. The van der Waals surface area contributed by atoms with E-state index < -0.39 is 0 Å². The van der Waals surface area contributed by atoms with Gasteiger partial charge in [0.25, 0.3) is 0 Å². The molecule has 0 fully saturated rings. The number of rotatable bonds is 5. The van der Waals surface area contributed by atoms with Gasteiger partial charge in [0.1, 0.15) is 0 Å². The van der Waals surface area contributed by atoms with Crippen LogP contribution in [-0.2, 0) is 6.54 Å². The first-order chi connectivity index (χ1) is 9.19. The molecule has 2 N–H and O–H groups in total. The van der Waals surface area contributed by atoms with Gasteiger partial charge in [-0.1, -0.05) is 30.7 Å². The van der Waals surface area contributed by atoms with E-state index in [0.29, 0.717) is 11.0 Å². The number of anilines is 2. The van der Waals surface area contributed by atoms with Crippen LogP contribution in [0, 0.1) is 0 Å². The molecular formula is C14H17ClN4. The van der Waals surface area contributed by atoms with E-state index in [9.17, 15) is 0 Å². The summed E-state index contributed by atoms with van der Waals surface area (Å²) in [4.78, 5) is 10.7. The third-order valence-corrected chi connectivity index (χ3v) is 2.90. The molecule has 5 heteroatoms. The number of aromatic nitrogens is 2. The van der Waals surface area contributed by atoms with Crippen LogP contribution in [0.15, 0.2) is 36.7 Å². The topological polar surface area (TPSA) is 55.0 Å². The molecule has 2 aromatic rings. The molecule has 0 aliphatic carbocycles. The SMILES string of the molecule is CCCN(Cc1cccc(N)c1)c1ncc(Cl)cn1. The lowest BCUT2D eigenvalue weighted by Crippen LogP contribution is -2.25. The van der Waals surface area contributed by atoms with Crippen molar-refractivity contribution >= 4 is 23.2 Å². The van der Waals surface area contributed by atoms with Gasteiger partial charge in [0.15, 0.2) is 0 Å². The van der Waals surface area contributed by atoms with Crippen LogP contribution in [0.1, 0.15) is 18.9 Å². The van der Waals surface area contributed by atoms with Crippen LogP contribution in [0.4, 0.5) is 11.6 Å². The quantitative estimate of drug-likeness (QED) is 0.853. The number of hydrogen-bond acceptors (Lipinski definition) is 4. The van der Waals surface area contributed by atoms with Crippen LogP contribution in [0.25, 0.3) is 0 Å². The maximum atomic E-state index is 5.81. The van der Waals surface area contributed by atoms with E-state index in [1.807, 2.05) is 18.2 Å². The number of nitrogens with two attached hydrogens (primary N) is 1. The van der Waals surface area contributed by atoms with Crippen molar-refractivity contribution in [3.05, 3.63) is 47.2 Å². The summed E-state index contributed by atoms with van der Waals surface area (Å²) in [6, 6.07) is 7.86. The third-order valence-electron chi connectivity index (χ3n) is 2.71. The fraction of sp³-hybridized carbons (Fsp3) is 0.286. The van der Waals surface area contributed by atoms with Crippen molar-refractivity contribution in [3.63, 3.8) is 0 Å². The van der Waals surface area contributed by atoms with Gasteiger partial charge in [0, 0.05) is 18.8 Å². The van der Waals surface area contributed by atoms with Crippen LogP contribution in [0.3, 0.4) is 0 Å². The summed E-state index contributed by atoms with van der Waals surface area (Å²) in [6.45, 7) is 3.75. The van der Waals surface area contributed by atoms with E-state index in [0.717, 1.165) is 30.8 Å². The second-order valence-corrected chi connectivity index (χ2v) is 4.80. The molecule has 0 saturated carbocycles. The van der Waals surface area contributed by atoms with Crippen molar-refractivity contribution in [1.29, 1.82) is 0 Å². The van der Waals surface area contributed by atoms with Gasteiger partial charge < -0.3 is 10.6 Å². The van der Waals surface area contributed by atoms with Gasteiger partial charge in [0.2, 0.25) is 5.95 Å². The molecule has 2 rings (SSSR count). The van der Waals surface area contributed by atoms with Gasteiger partial charge in [0.05, 0.1) is 17.4 Å². The summed E-state index contributed by atoms with van der Waals surface area (Å²) in [7, 11) is 0. The Morgan fingerprint density at radius 2 is 2.00 bits per heavy atom. The van der Waals surface area contributed by atoms with Gasteiger partial charge >= 0.3 is 0 Å². The minimum atomic E-state index is 0.546. The van der Waals surface area contributed by atoms with E-state index in [1.165, 1.54) is 0 Å². The van der Waals surface area contributed by atoms with Gasteiger partial charge in [-0.3, -0.25) is 0 Å². The highest BCUT2D eigenvalue weighted by atomic mass is 35.5. The Balaban J connectivity index is 2.18. The van der Waals surface area contributed by atoms with E-state index in [-0.39, 0.29) is 0 Å². The van der Waals surface area contributed by atoms with Gasteiger partial charge in [-0.05, 0) is 24.1 Å². The summed E-state index contributed by atoms with van der Waals surface area (Å²) in [5.74, 6) is 0.689. The highest BCUT2D eigenvalue weighted by Gasteiger charge is 2.09. The fourth-order valence-corrected chi connectivity index (χ4v) is 2.00. The van der Waals surface area contributed by atoms with Gasteiger partial charge in [-0.2, -0.15) is 0 Å². The molecule has 0 spiro atoms. The zero-order chi connectivity index (χ0) is 13.7. The van der Waals surface area contributed by atoms with E-state index in [4.69, 9.17) is 17.3 Å². The molecule has 100 valence electrons. The van der Waals surface area contributed by atoms with Crippen LogP contribution in [0.2, 0.25) is 5.02 Å². The molecular weight excluding hydrogens is 260 g/mol.